The molecule has 10 heteroatoms. The molecule has 0 unspecified atom stereocenters. The number of hydrogen-bond acceptors (Lipinski definition) is 5. The number of carbonyl (C=O) groups is 2. The third-order valence-corrected chi connectivity index (χ3v) is 5.94. The number of carboxylic acid groups (broad SMARTS) is 1. The standard InChI is InChI=1S/C28H23N5O5/c1-38-20-14-12-18(13-15-20)23-25(30-21(34)16-29-28(36)37)31-26-22(17-8-4-2-5-9-17)24(32-33(26)27(23)35)19-10-6-3-7-11-19/h2-15,29,31H,16H2,1H3,(H,30,34)(H,36,37). The zero-order valence-corrected chi connectivity index (χ0v) is 20.3. The number of nitrogens with zero attached hydrogens (tertiary/aromatic N) is 2. The van der Waals surface area contributed by atoms with E-state index in [-0.39, 0.29) is 11.4 Å². The lowest BCUT2D eigenvalue weighted by molar-refractivity contribution is -0.115. The lowest BCUT2D eigenvalue weighted by Crippen LogP contribution is -2.32. The van der Waals surface area contributed by atoms with E-state index < -0.39 is 24.1 Å². The first kappa shape index (κ1) is 24.3. The number of rotatable bonds is 7. The maximum absolute atomic E-state index is 14.0. The number of ether oxygens (including phenoxy) is 1. The summed E-state index contributed by atoms with van der Waals surface area (Å²) < 4.78 is 6.52. The molecule has 0 radical (unpaired) electrons. The Hall–Kier alpha value is -5.38. The number of hydrogen-bond donors (Lipinski definition) is 4. The smallest absolute Gasteiger partial charge is 0.405 e. The second kappa shape index (κ2) is 10.3. The highest BCUT2D eigenvalue weighted by molar-refractivity contribution is 5.98. The molecule has 0 saturated carbocycles. The van der Waals surface area contributed by atoms with Gasteiger partial charge in [-0.3, -0.25) is 9.59 Å². The first-order valence-electron chi connectivity index (χ1n) is 11.7. The van der Waals surface area contributed by atoms with Gasteiger partial charge in [0.05, 0.1) is 18.2 Å². The summed E-state index contributed by atoms with van der Waals surface area (Å²) in [6.07, 6.45) is -1.34. The van der Waals surface area contributed by atoms with Crippen LogP contribution in [0, 0.1) is 0 Å². The van der Waals surface area contributed by atoms with E-state index in [4.69, 9.17) is 14.9 Å². The summed E-state index contributed by atoms with van der Waals surface area (Å²) in [5.74, 6) is 0.0621. The van der Waals surface area contributed by atoms with E-state index in [1.54, 1.807) is 24.3 Å². The van der Waals surface area contributed by atoms with E-state index in [2.05, 4.69) is 10.3 Å². The Morgan fingerprint density at radius 1 is 0.895 bits per heavy atom. The average Bonchev–Trinajstić information content (AvgIpc) is 3.33. The highest BCUT2D eigenvalue weighted by atomic mass is 16.5. The van der Waals surface area contributed by atoms with Gasteiger partial charge < -0.3 is 25.5 Å². The molecule has 10 nitrogen and oxygen atoms in total. The van der Waals surface area contributed by atoms with Crippen molar-refractivity contribution in [3.63, 3.8) is 0 Å². The van der Waals surface area contributed by atoms with Crippen LogP contribution in [0.1, 0.15) is 0 Å². The van der Waals surface area contributed by atoms with Gasteiger partial charge in [0.1, 0.15) is 29.5 Å². The predicted molar refractivity (Wildman–Crippen MR) is 143 cm³/mol. The van der Waals surface area contributed by atoms with Crippen molar-refractivity contribution in [3.8, 4) is 39.3 Å². The number of nitrogens with one attached hydrogen (secondary N) is 3. The van der Waals surface area contributed by atoms with Crippen LogP contribution in [0.5, 0.6) is 5.75 Å². The van der Waals surface area contributed by atoms with Crippen molar-refractivity contribution in [2.24, 2.45) is 0 Å². The maximum atomic E-state index is 14.0. The predicted octanol–water partition coefficient (Wildman–Crippen LogP) is 4.24. The largest absolute Gasteiger partial charge is 0.497 e. The van der Waals surface area contributed by atoms with Gasteiger partial charge in [0.2, 0.25) is 5.91 Å². The summed E-state index contributed by atoms with van der Waals surface area (Å²) in [6, 6.07) is 25.8. The van der Waals surface area contributed by atoms with Gasteiger partial charge in [-0.15, -0.1) is 0 Å². The Morgan fingerprint density at radius 3 is 2.11 bits per heavy atom. The van der Waals surface area contributed by atoms with Crippen LogP contribution in [-0.4, -0.2) is 45.4 Å². The lowest BCUT2D eigenvalue weighted by Gasteiger charge is -2.13. The van der Waals surface area contributed by atoms with Gasteiger partial charge >= 0.3 is 6.09 Å². The number of carbonyl (C=O) groups excluding carboxylic acids is 1. The molecule has 0 saturated heterocycles. The number of methoxy groups -OCH3 is 1. The molecule has 0 spiro atoms. The van der Waals surface area contributed by atoms with E-state index in [1.807, 2.05) is 66.0 Å². The second-order valence-corrected chi connectivity index (χ2v) is 8.33. The Morgan fingerprint density at radius 2 is 1.50 bits per heavy atom. The van der Waals surface area contributed by atoms with Crippen LogP contribution < -0.4 is 20.9 Å². The van der Waals surface area contributed by atoms with E-state index in [1.165, 1.54) is 11.6 Å². The van der Waals surface area contributed by atoms with Crippen LogP contribution >= 0.6 is 0 Å². The van der Waals surface area contributed by atoms with Crippen molar-refractivity contribution >= 4 is 23.5 Å². The molecule has 4 N–H and O–H groups in total. The summed E-state index contributed by atoms with van der Waals surface area (Å²) in [6.45, 7) is -0.495. The highest BCUT2D eigenvalue weighted by Gasteiger charge is 2.23. The molecule has 0 aliphatic heterocycles. The molecule has 2 aromatic heterocycles. The molecule has 2 heterocycles. The minimum atomic E-state index is -1.34. The van der Waals surface area contributed by atoms with Crippen molar-refractivity contribution in [1.82, 2.24) is 19.9 Å². The molecule has 5 aromatic rings. The SMILES string of the molecule is COc1ccc(-c2c(NC(=O)CNC(=O)O)[nH]c3c(-c4ccccc4)c(-c4ccccc4)nn3c2=O)cc1. The van der Waals surface area contributed by atoms with Gasteiger partial charge in [-0.1, -0.05) is 72.8 Å². The lowest BCUT2D eigenvalue weighted by atomic mass is 10.0. The molecular formula is C28H23N5O5. The number of fused-ring (bicyclic) bond motifs is 1. The third-order valence-electron chi connectivity index (χ3n) is 5.94. The van der Waals surface area contributed by atoms with Crippen LogP contribution in [0.15, 0.2) is 89.7 Å². The number of benzene rings is 3. The summed E-state index contributed by atoms with van der Waals surface area (Å²) in [5, 5.41) is 18.3. The van der Waals surface area contributed by atoms with Gasteiger partial charge in [-0.25, -0.2) is 4.79 Å². The topological polar surface area (TPSA) is 138 Å². The Kier molecular flexibility index (Phi) is 6.60. The quantitative estimate of drug-likeness (QED) is 0.259. The minimum Gasteiger partial charge on any atom is -0.497 e. The minimum absolute atomic E-state index is 0.113. The van der Waals surface area contributed by atoms with Gasteiger partial charge in [-0.05, 0) is 23.3 Å². The first-order valence-corrected chi connectivity index (χ1v) is 11.7. The van der Waals surface area contributed by atoms with Crippen LogP contribution in [0.3, 0.4) is 0 Å². The Labute approximate surface area is 216 Å². The highest BCUT2D eigenvalue weighted by Crippen LogP contribution is 2.35. The van der Waals surface area contributed by atoms with Gasteiger partial charge in [-0.2, -0.15) is 9.61 Å². The summed E-state index contributed by atoms with van der Waals surface area (Å²) in [4.78, 5) is 40.7. The fourth-order valence-corrected chi connectivity index (χ4v) is 4.21. The summed E-state index contributed by atoms with van der Waals surface area (Å²) >= 11 is 0. The molecule has 0 fully saturated rings. The van der Waals surface area contributed by atoms with Gasteiger partial charge in [0.25, 0.3) is 5.56 Å². The second-order valence-electron chi connectivity index (χ2n) is 8.33. The van der Waals surface area contributed by atoms with E-state index in [0.29, 0.717) is 28.2 Å². The van der Waals surface area contributed by atoms with Gasteiger partial charge in [0.15, 0.2) is 0 Å². The fourth-order valence-electron chi connectivity index (χ4n) is 4.21. The molecule has 2 amide bonds. The van der Waals surface area contributed by atoms with E-state index in [9.17, 15) is 14.4 Å². The number of anilines is 1. The van der Waals surface area contributed by atoms with Crippen LogP contribution in [-0.2, 0) is 4.79 Å². The Bertz CT molecular complexity index is 1680. The van der Waals surface area contributed by atoms with Gasteiger partial charge in [0, 0.05) is 5.56 Å². The number of amides is 2. The molecule has 0 atom stereocenters. The molecule has 3 aromatic carbocycles. The first-order chi connectivity index (χ1) is 18.5. The normalized spacial score (nSPS) is 10.8. The van der Waals surface area contributed by atoms with Crippen LogP contribution in [0.2, 0.25) is 0 Å². The zero-order chi connectivity index (χ0) is 26.6. The summed E-state index contributed by atoms with van der Waals surface area (Å²) in [5.41, 5.74) is 3.46. The third kappa shape index (κ3) is 4.70. The van der Waals surface area contributed by atoms with Crippen LogP contribution in [0.4, 0.5) is 10.6 Å². The van der Waals surface area contributed by atoms with Crippen molar-refractivity contribution in [2.45, 2.75) is 0 Å². The van der Waals surface area contributed by atoms with Crippen molar-refractivity contribution in [1.29, 1.82) is 0 Å². The monoisotopic (exact) mass is 509 g/mol. The molecular weight excluding hydrogens is 486 g/mol. The van der Waals surface area contributed by atoms with Crippen LogP contribution in [0.25, 0.3) is 39.2 Å². The number of aromatic amines is 1. The van der Waals surface area contributed by atoms with Crippen molar-refractivity contribution in [3.05, 3.63) is 95.3 Å². The molecule has 5 rings (SSSR count). The van der Waals surface area contributed by atoms with Crippen molar-refractivity contribution in [2.75, 3.05) is 19.0 Å². The molecule has 190 valence electrons. The average molecular weight is 510 g/mol. The Balaban J connectivity index is 1.78. The fraction of sp³-hybridized carbons (Fsp3) is 0.0714. The maximum Gasteiger partial charge on any atom is 0.405 e. The molecule has 38 heavy (non-hydrogen) atoms. The molecule has 0 bridgehead atoms. The van der Waals surface area contributed by atoms with E-state index in [0.717, 1.165) is 11.1 Å². The molecule has 0 aliphatic carbocycles. The molecule has 0 aliphatic rings. The zero-order valence-electron chi connectivity index (χ0n) is 20.3. The van der Waals surface area contributed by atoms with Crippen molar-refractivity contribution < 1.29 is 19.4 Å². The van der Waals surface area contributed by atoms with E-state index >= 15 is 0 Å². The number of aromatic nitrogens is 3. The summed E-state index contributed by atoms with van der Waals surface area (Å²) in [7, 11) is 1.54. The number of H-pyrrole nitrogens is 1.